The van der Waals surface area contributed by atoms with Gasteiger partial charge in [-0.2, -0.15) is 0 Å². The lowest BCUT2D eigenvalue weighted by molar-refractivity contribution is -0.119. The van der Waals surface area contributed by atoms with Crippen LogP contribution in [-0.4, -0.2) is 16.9 Å². The van der Waals surface area contributed by atoms with Gasteiger partial charge in [0, 0.05) is 6.54 Å². The third kappa shape index (κ3) is 6.04. The molecule has 0 saturated carbocycles. The van der Waals surface area contributed by atoms with E-state index in [9.17, 15) is 4.79 Å². The van der Waals surface area contributed by atoms with Crippen molar-refractivity contribution in [2.75, 3.05) is 11.0 Å². The summed E-state index contributed by atoms with van der Waals surface area (Å²) in [5.74, 6) is 0.0315. The summed E-state index contributed by atoms with van der Waals surface area (Å²) in [6.07, 6.45) is 1.03. The van der Waals surface area contributed by atoms with Gasteiger partial charge in [-0.3, -0.25) is 10.2 Å². The molecule has 4 heteroatoms. The van der Waals surface area contributed by atoms with Crippen LogP contribution in [0.15, 0.2) is 0 Å². The van der Waals surface area contributed by atoms with E-state index in [1.165, 1.54) is 0 Å². The highest BCUT2D eigenvalue weighted by atomic mass is 127. The third-order valence-corrected chi connectivity index (χ3v) is 1.42. The van der Waals surface area contributed by atoms with Crippen molar-refractivity contribution in [1.29, 1.82) is 0 Å². The second kappa shape index (κ2) is 6.28. The number of carbonyl (C=O) groups excluding carboxylic acids is 1. The van der Waals surface area contributed by atoms with Gasteiger partial charge in [-0.1, -0.05) is 29.5 Å². The first-order valence-corrected chi connectivity index (χ1v) is 4.41. The van der Waals surface area contributed by atoms with Gasteiger partial charge in [0.05, 0.1) is 4.43 Å². The molecule has 0 radical (unpaired) electrons. The van der Waals surface area contributed by atoms with Crippen LogP contribution in [0.3, 0.4) is 0 Å². The fourth-order valence-corrected chi connectivity index (χ4v) is 0.510. The molecule has 0 unspecified atom stereocenters. The molecular formula is C5H11IN2O. The average molecular weight is 242 g/mol. The minimum Gasteiger partial charge on any atom is -0.291 e. The molecule has 0 aliphatic heterocycles. The number of rotatable bonds is 4. The number of carbonyl (C=O) groups is 1. The quantitative estimate of drug-likeness (QED) is 0.325. The number of halogens is 1. The molecule has 0 aromatic heterocycles. The molecule has 0 spiro atoms. The highest BCUT2D eigenvalue weighted by Gasteiger charge is 1.92. The maximum absolute atomic E-state index is 10.5. The molecule has 1 amide bonds. The van der Waals surface area contributed by atoms with E-state index < -0.39 is 0 Å². The number of nitrogens with one attached hydrogen (secondary N) is 2. The Morgan fingerprint density at radius 2 is 2.33 bits per heavy atom. The van der Waals surface area contributed by atoms with Crippen LogP contribution < -0.4 is 10.9 Å². The molecule has 0 aliphatic carbocycles. The molecular weight excluding hydrogens is 231 g/mol. The summed E-state index contributed by atoms with van der Waals surface area (Å²) in [4.78, 5) is 10.5. The number of hydrazine groups is 1. The van der Waals surface area contributed by atoms with E-state index in [1.807, 2.05) is 29.5 Å². The van der Waals surface area contributed by atoms with E-state index in [0.717, 1.165) is 13.0 Å². The molecule has 0 fully saturated rings. The molecule has 0 aromatic rings. The fraction of sp³-hybridized carbons (Fsp3) is 0.800. The summed E-state index contributed by atoms with van der Waals surface area (Å²) in [6, 6.07) is 0. The van der Waals surface area contributed by atoms with Crippen LogP contribution in [0.1, 0.15) is 13.3 Å². The molecule has 9 heavy (non-hydrogen) atoms. The van der Waals surface area contributed by atoms with Crippen LogP contribution in [0.2, 0.25) is 0 Å². The van der Waals surface area contributed by atoms with Crippen molar-refractivity contribution in [3.63, 3.8) is 0 Å². The van der Waals surface area contributed by atoms with Crippen molar-refractivity contribution in [3.05, 3.63) is 0 Å². The molecule has 0 aliphatic rings. The topological polar surface area (TPSA) is 41.1 Å². The predicted molar refractivity (Wildman–Crippen MR) is 45.3 cm³/mol. The standard InChI is InChI=1S/C5H11IN2O/c1-2-3-7-8-5(9)4-6/h7H,2-4H2,1H3,(H,8,9). The first-order chi connectivity index (χ1) is 4.31. The number of hydrogen-bond acceptors (Lipinski definition) is 2. The summed E-state index contributed by atoms with van der Waals surface area (Å²) in [5.41, 5.74) is 5.32. The fourth-order valence-electron chi connectivity index (χ4n) is 0.319. The van der Waals surface area contributed by atoms with E-state index in [4.69, 9.17) is 0 Å². The second-order valence-electron chi connectivity index (χ2n) is 1.61. The van der Waals surface area contributed by atoms with Crippen molar-refractivity contribution in [2.45, 2.75) is 13.3 Å². The summed E-state index contributed by atoms with van der Waals surface area (Å²) >= 11 is 2.01. The van der Waals surface area contributed by atoms with Crippen molar-refractivity contribution >= 4 is 28.5 Å². The number of hydrogen-bond donors (Lipinski definition) is 2. The van der Waals surface area contributed by atoms with Gasteiger partial charge in [0.15, 0.2) is 0 Å². The first-order valence-electron chi connectivity index (χ1n) is 2.89. The number of alkyl halides is 1. The second-order valence-corrected chi connectivity index (χ2v) is 2.37. The van der Waals surface area contributed by atoms with Crippen LogP contribution in [0, 0.1) is 0 Å². The summed E-state index contributed by atoms with van der Waals surface area (Å²) in [5, 5.41) is 0. The Hall–Kier alpha value is 0.160. The highest BCUT2D eigenvalue weighted by molar-refractivity contribution is 14.1. The third-order valence-electron chi connectivity index (χ3n) is 0.724. The Labute approximate surface area is 68.7 Å². The smallest absolute Gasteiger partial charge is 0.243 e. The Morgan fingerprint density at radius 1 is 1.67 bits per heavy atom. The van der Waals surface area contributed by atoms with E-state index in [-0.39, 0.29) is 5.91 Å². The minimum atomic E-state index is 0.0315. The van der Waals surface area contributed by atoms with Crippen molar-refractivity contribution in [2.24, 2.45) is 0 Å². The van der Waals surface area contributed by atoms with E-state index >= 15 is 0 Å². The summed E-state index contributed by atoms with van der Waals surface area (Å²) < 4.78 is 0.508. The van der Waals surface area contributed by atoms with E-state index in [2.05, 4.69) is 10.9 Å². The monoisotopic (exact) mass is 242 g/mol. The molecule has 0 atom stereocenters. The summed E-state index contributed by atoms with van der Waals surface area (Å²) in [7, 11) is 0. The van der Waals surface area contributed by atoms with Crippen LogP contribution >= 0.6 is 22.6 Å². The predicted octanol–water partition coefficient (Wildman–Crippen LogP) is 0.452. The van der Waals surface area contributed by atoms with Gasteiger partial charge < -0.3 is 0 Å². The number of amides is 1. The zero-order valence-electron chi connectivity index (χ0n) is 5.41. The van der Waals surface area contributed by atoms with Crippen LogP contribution in [0.25, 0.3) is 0 Å². The van der Waals surface area contributed by atoms with Crippen LogP contribution in [-0.2, 0) is 4.79 Å². The molecule has 0 rings (SSSR count). The SMILES string of the molecule is CCCNNC(=O)CI. The van der Waals surface area contributed by atoms with Gasteiger partial charge in [0.25, 0.3) is 0 Å². The van der Waals surface area contributed by atoms with Gasteiger partial charge in [0.2, 0.25) is 5.91 Å². The Bertz CT molecular complexity index is 87.0. The van der Waals surface area contributed by atoms with Crippen molar-refractivity contribution in [1.82, 2.24) is 10.9 Å². The zero-order valence-corrected chi connectivity index (χ0v) is 7.57. The van der Waals surface area contributed by atoms with Gasteiger partial charge in [-0.05, 0) is 6.42 Å². The van der Waals surface area contributed by atoms with Crippen LogP contribution in [0.4, 0.5) is 0 Å². The molecule has 0 saturated heterocycles. The van der Waals surface area contributed by atoms with Gasteiger partial charge in [-0.25, -0.2) is 5.43 Å². The largest absolute Gasteiger partial charge is 0.291 e. The molecule has 3 nitrogen and oxygen atoms in total. The lowest BCUT2D eigenvalue weighted by atomic mass is 10.5. The highest BCUT2D eigenvalue weighted by Crippen LogP contribution is 1.77. The van der Waals surface area contributed by atoms with Crippen molar-refractivity contribution < 1.29 is 4.79 Å². The van der Waals surface area contributed by atoms with Crippen molar-refractivity contribution in [3.8, 4) is 0 Å². The molecule has 0 heterocycles. The maximum atomic E-state index is 10.5. The lowest BCUT2D eigenvalue weighted by Crippen LogP contribution is -2.38. The van der Waals surface area contributed by atoms with E-state index in [0.29, 0.717) is 4.43 Å². The molecule has 0 bridgehead atoms. The zero-order chi connectivity index (χ0) is 7.11. The van der Waals surface area contributed by atoms with Gasteiger partial charge in [0.1, 0.15) is 0 Å². The molecule has 0 aromatic carbocycles. The molecule has 2 N–H and O–H groups in total. The van der Waals surface area contributed by atoms with E-state index in [1.54, 1.807) is 0 Å². The lowest BCUT2D eigenvalue weighted by Gasteiger charge is -2.01. The summed E-state index contributed by atoms with van der Waals surface area (Å²) in [6.45, 7) is 2.88. The molecule has 54 valence electrons. The van der Waals surface area contributed by atoms with Gasteiger partial charge >= 0.3 is 0 Å². The Kier molecular flexibility index (Phi) is 6.39. The Morgan fingerprint density at radius 3 is 2.78 bits per heavy atom. The maximum Gasteiger partial charge on any atom is 0.243 e. The Balaban J connectivity index is 2.97. The first kappa shape index (κ1) is 9.16. The van der Waals surface area contributed by atoms with Crippen LogP contribution in [0.5, 0.6) is 0 Å². The van der Waals surface area contributed by atoms with Gasteiger partial charge in [-0.15, -0.1) is 0 Å². The average Bonchev–Trinajstić information content (AvgIpc) is 1.89. The minimum absolute atomic E-state index is 0.0315. The normalized spacial score (nSPS) is 9.11.